The summed E-state index contributed by atoms with van der Waals surface area (Å²) in [7, 11) is -1.10. The van der Waals surface area contributed by atoms with Crippen LogP contribution < -0.4 is 11.2 Å². The largest absolute Gasteiger partial charge is 0.508 e. The molecule has 0 spiro atoms. The molecule has 0 saturated heterocycles. The molecule has 1 atom stereocenters. The first kappa shape index (κ1) is 11.7. The van der Waals surface area contributed by atoms with Crippen molar-refractivity contribution in [2.24, 2.45) is 5.73 Å². The van der Waals surface area contributed by atoms with Gasteiger partial charge < -0.3 is 20.5 Å². The molecule has 4 nitrogen and oxygen atoms in total. The van der Waals surface area contributed by atoms with E-state index in [-0.39, 0.29) is 18.4 Å². The zero-order valence-corrected chi connectivity index (χ0v) is 10.4. The molecule has 1 aliphatic rings. The van der Waals surface area contributed by atoms with Crippen molar-refractivity contribution in [3.8, 4) is 16.2 Å². The molecule has 3 rings (SSSR count). The highest BCUT2D eigenvalue weighted by molar-refractivity contribution is 7.13. The van der Waals surface area contributed by atoms with Crippen LogP contribution >= 0.6 is 11.3 Å². The summed E-state index contributed by atoms with van der Waals surface area (Å²) in [4.78, 5) is 1.07. The second-order valence-electron chi connectivity index (χ2n) is 4.15. The number of phenolic OH excluding ortho intramolecular Hbond substituents is 1. The molecule has 0 unspecified atom stereocenters. The quantitative estimate of drug-likeness (QED) is 0.700. The average Bonchev–Trinajstić information content (AvgIpc) is 2.98. The Morgan fingerprint density at radius 1 is 1.39 bits per heavy atom. The van der Waals surface area contributed by atoms with E-state index in [2.05, 4.69) is 0 Å². The highest BCUT2D eigenvalue weighted by atomic mass is 32.1. The molecule has 0 aliphatic carbocycles. The SMILES string of the molecule is NC[C@H]1OB(O)c2c(O)ccc(-c3cccs3)c21. The number of thiophene rings is 1. The van der Waals surface area contributed by atoms with Crippen molar-refractivity contribution in [1.29, 1.82) is 0 Å². The molecule has 0 fully saturated rings. The second kappa shape index (κ2) is 4.40. The minimum absolute atomic E-state index is 0.0498. The summed E-state index contributed by atoms with van der Waals surface area (Å²) in [6.07, 6.45) is -0.376. The maximum atomic E-state index is 9.86. The lowest BCUT2D eigenvalue weighted by Gasteiger charge is -2.13. The summed E-state index contributed by atoms with van der Waals surface area (Å²) in [6, 6.07) is 7.38. The van der Waals surface area contributed by atoms with E-state index in [0.717, 1.165) is 16.0 Å². The fourth-order valence-corrected chi connectivity index (χ4v) is 3.11. The van der Waals surface area contributed by atoms with Gasteiger partial charge in [-0.2, -0.15) is 0 Å². The molecule has 4 N–H and O–H groups in total. The second-order valence-corrected chi connectivity index (χ2v) is 5.10. The van der Waals surface area contributed by atoms with Crippen molar-refractivity contribution in [3.63, 3.8) is 0 Å². The lowest BCUT2D eigenvalue weighted by atomic mass is 9.77. The van der Waals surface area contributed by atoms with Crippen LogP contribution in [0.15, 0.2) is 29.6 Å². The zero-order valence-electron chi connectivity index (χ0n) is 9.54. The topological polar surface area (TPSA) is 75.7 Å². The van der Waals surface area contributed by atoms with Crippen molar-refractivity contribution >= 4 is 23.9 Å². The third kappa shape index (κ3) is 1.66. The molecule has 0 amide bonds. The minimum atomic E-state index is -1.10. The fourth-order valence-electron chi connectivity index (χ4n) is 2.34. The molecular weight excluding hydrogens is 249 g/mol. The molecule has 1 aromatic heterocycles. The van der Waals surface area contributed by atoms with E-state index in [1.54, 1.807) is 17.4 Å². The molecule has 0 bridgehead atoms. The van der Waals surface area contributed by atoms with Crippen LogP contribution in [-0.4, -0.2) is 23.8 Å². The number of phenols is 1. The number of fused-ring (bicyclic) bond motifs is 1. The summed E-state index contributed by atoms with van der Waals surface area (Å²) in [5.74, 6) is 0.0498. The lowest BCUT2D eigenvalue weighted by Crippen LogP contribution is -2.28. The number of hydrogen-bond acceptors (Lipinski definition) is 5. The molecular formula is C12H12BNO3S. The van der Waals surface area contributed by atoms with E-state index in [9.17, 15) is 10.1 Å². The molecule has 0 saturated carbocycles. The van der Waals surface area contributed by atoms with E-state index in [0.29, 0.717) is 5.46 Å². The highest BCUT2D eigenvalue weighted by Crippen LogP contribution is 2.37. The molecule has 0 radical (unpaired) electrons. The van der Waals surface area contributed by atoms with Gasteiger partial charge in [0.05, 0.1) is 6.10 Å². The van der Waals surface area contributed by atoms with E-state index in [1.807, 2.05) is 23.6 Å². The minimum Gasteiger partial charge on any atom is -0.508 e. The summed E-state index contributed by atoms with van der Waals surface area (Å²) in [5.41, 5.74) is 7.87. The van der Waals surface area contributed by atoms with Gasteiger partial charge in [-0.3, -0.25) is 0 Å². The fraction of sp³-hybridized carbons (Fsp3) is 0.167. The van der Waals surface area contributed by atoms with Crippen molar-refractivity contribution in [2.75, 3.05) is 6.54 Å². The van der Waals surface area contributed by atoms with E-state index in [1.165, 1.54) is 0 Å². The Kier molecular flexibility index (Phi) is 2.87. The van der Waals surface area contributed by atoms with Crippen LogP contribution in [0.1, 0.15) is 11.7 Å². The van der Waals surface area contributed by atoms with Crippen molar-refractivity contribution < 1.29 is 14.8 Å². The maximum absolute atomic E-state index is 9.86. The summed E-state index contributed by atoms with van der Waals surface area (Å²) >= 11 is 1.60. The van der Waals surface area contributed by atoms with Crippen molar-refractivity contribution in [2.45, 2.75) is 6.10 Å². The lowest BCUT2D eigenvalue weighted by molar-refractivity contribution is 0.198. The first-order valence-electron chi connectivity index (χ1n) is 5.65. The molecule has 2 aromatic rings. The Hall–Kier alpha value is -1.34. The monoisotopic (exact) mass is 261 g/mol. The van der Waals surface area contributed by atoms with Gasteiger partial charge in [0.1, 0.15) is 5.75 Å². The number of nitrogens with two attached hydrogens (primary N) is 1. The van der Waals surface area contributed by atoms with Crippen molar-refractivity contribution in [1.82, 2.24) is 0 Å². The third-order valence-electron chi connectivity index (χ3n) is 3.13. The predicted molar refractivity (Wildman–Crippen MR) is 71.9 cm³/mol. The van der Waals surface area contributed by atoms with Gasteiger partial charge in [0.15, 0.2) is 0 Å². The Labute approximate surface area is 109 Å². The third-order valence-corrected chi connectivity index (χ3v) is 4.03. The van der Waals surface area contributed by atoms with Gasteiger partial charge >= 0.3 is 7.12 Å². The highest BCUT2D eigenvalue weighted by Gasteiger charge is 2.39. The van der Waals surface area contributed by atoms with E-state index >= 15 is 0 Å². The number of aromatic hydroxyl groups is 1. The van der Waals surface area contributed by atoms with Crippen LogP contribution in [0.2, 0.25) is 0 Å². The standard InChI is InChI=1S/C12H12BNO3S/c14-6-9-11-7(10-2-1-5-18-10)3-4-8(15)12(11)13(16)17-9/h1-5,9,15-16H,6,14H2/t9-/m1/s1. The molecule has 6 heteroatoms. The van der Waals surface area contributed by atoms with E-state index < -0.39 is 7.12 Å². The van der Waals surface area contributed by atoms with Crippen LogP contribution in [0.3, 0.4) is 0 Å². The molecule has 1 aliphatic heterocycles. The first-order valence-corrected chi connectivity index (χ1v) is 6.53. The summed E-state index contributed by atoms with van der Waals surface area (Å²) in [6.45, 7) is 0.270. The van der Waals surface area contributed by atoms with Gasteiger partial charge in [-0.15, -0.1) is 11.3 Å². The normalized spacial score (nSPS) is 18.1. The smallest absolute Gasteiger partial charge is 0.495 e. The van der Waals surface area contributed by atoms with Gasteiger partial charge in [0.2, 0.25) is 0 Å². The van der Waals surface area contributed by atoms with Crippen LogP contribution in [0.4, 0.5) is 0 Å². The van der Waals surface area contributed by atoms with Crippen LogP contribution in [0.25, 0.3) is 10.4 Å². The number of benzene rings is 1. The van der Waals surface area contributed by atoms with Gasteiger partial charge in [-0.25, -0.2) is 0 Å². The van der Waals surface area contributed by atoms with Crippen LogP contribution in [0.5, 0.6) is 5.75 Å². The Balaban J connectivity index is 2.24. The summed E-state index contributed by atoms with van der Waals surface area (Å²) in [5, 5.41) is 21.7. The van der Waals surface area contributed by atoms with Gasteiger partial charge in [-0.05, 0) is 34.7 Å². The Morgan fingerprint density at radius 3 is 2.89 bits per heavy atom. The Bertz CT molecular complexity index is 573. The molecule has 18 heavy (non-hydrogen) atoms. The van der Waals surface area contributed by atoms with E-state index in [4.69, 9.17) is 10.4 Å². The summed E-state index contributed by atoms with van der Waals surface area (Å²) < 4.78 is 5.38. The number of hydrogen-bond donors (Lipinski definition) is 3. The number of rotatable bonds is 2. The molecule has 92 valence electrons. The first-order chi connectivity index (χ1) is 8.72. The predicted octanol–water partition coefficient (Wildman–Crippen LogP) is 0.838. The van der Waals surface area contributed by atoms with Crippen LogP contribution in [0, 0.1) is 0 Å². The van der Waals surface area contributed by atoms with Crippen LogP contribution in [-0.2, 0) is 4.65 Å². The Morgan fingerprint density at radius 2 is 2.22 bits per heavy atom. The average molecular weight is 261 g/mol. The zero-order chi connectivity index (χ0) is 12.7. The molecule has 1 aromatic carbocycles. The van der Waals surface area contributed by atoms with Gasteiger partial charge in [-0.1, -0.05) is 6.07 Å². The van der Waals surface area contributed by atoms with Gasteiger partial charge in [0.25, 0.3) is 0 Å². The molecule has 2 heterocycles. The van der Waals surface area contributed by atoms with Gasteiger partial charge in [0, 0.05) is 16.9 Å². The maximum Gasteiger partial charge on any atom is 0.495 e. The van der Waals surface area contributed by atoms with Crippen molar-refractivity contribution in [3.05, 3.63) is 35.2 Å².